The number of sulfonamides is 1. The summed E-state index contributed by atoms with van der Waals surface area (Å²) < 4.78 is 40.5. The van der Waals surface area contributed by atoms with Crippen LogP contribution in [0.4, 0.5) is 0 Å². The monoisotopic (exact) mass is 523 g/mol. The second kappa shape index (κ2) is 14.4. The van der Waals surface area contributed by atoms with Crippen molar-refractivity contribution in [2.45, 2.75) is 24.5 Å². The Bertz CT molecular complexity index is 1110. The molecule has 0 unspecified atom stereocenters. The van der Waals surface area contributed by atoms with E-state index in [1.807, 2.05) is 72.8 Å². The largest absolute Gasteiger partial charge is 0.379 e. The molecule has 0 amide bonds. The molecule has 0 atom stereocenters. The van der Waals surface area contributed by atoms with Gasteiger partial charge in [-0.05, 0) is 28.8 Å². The Hall–Kier alpha value is -2.59. The second-order valence-corrected chi connectivity index (χ2v) is 11.1. The Balaban J connectivity index is 1.46. The number of hydrogen-bond acceptors (Lipinski definition) is 6. The van der Waals surface area contributed by atoms with Crippen LogP contribution in [-0.2, 0) is 39.1 Å². The minimum atomic E-state index is -3.70. The minimum absolute atomic E-state index is 0.302. The molecule has 3 aromatic carbocycles. The van der Waals surface area contributed by atoms with Crippen LogP contribution in [0.3, 0.4) is 0 Å². The second-order valence-electron chi connectivity index (χ2n) is 9.14. The molecule has 198 valence electrons. The van der Waals surface area contributed by atoms with Crippen LogP contribution in [-0.4, -0.2) is 70.2 Å². The molecule has 37 heavy (non-hydrogen) atoms. The first-order valence-corrected chi connectivity index (χ1v) is 14.3. The lowest BCUT2D eigenvalue weighted by Crippen LogP contribution is -2.33. The zero-order valence-electron chi connectivity index (χ0n) is 21.3. The van der Waals surface area contributed by atoms with Gasteiger partial charge in [0.25, 0.3) is 0 Å². The van der Waals surface area contributed by atoms with Crippen molar-refractivity contribution < 1.29 is 17.9 Å². The van der Waals surface area contributed by atoms with Gasteiger partial charge in [0.05, 0.1) is 31.3 Å². The fourth-order valence-corrected chi connectivity index (χ4v) is 5.67. The molecule has 1 fully saturated rings. The van der Waals surface area contributed by atoms with Crippen molar-refractivity contribution in [3.05, 3.63) is 102 Å². The zero-order valence-corrected chi connectivity index (χ0v) is 22.1. The molecule has 0 aromatic heterocycles. The normalized spacial score (nSPS) is 16.7. The molecule has 4 rings (SSSR count). The molecule has 0 bridgehead atoms. The van der Waals surface area contributed by atoms with E-state index in [-0.39, 0.29) is 0 Å². The summed E-state index contributed by atoms with van der Waals surface area (Å²) in [6, 6.07) is 26.7. The van der Waals surface area contributed by atoms with Gasteiger partial charge in [-0.25, -0.2) is 8.42 Å². The fraction of sp³-hybridized carbons (Fsp3) is 0.379. The number of ether oxygens (including phenoxy) is 2. The van der Waals surface area contributed by atoms with Crippen LogP contribution >= 0.6 is 0 Å². The molecule has 0 spiro atoms. The first kappa shape index (κ1) is 27.4. The highest BCUT2D eigenvalue weighted by Crippen LogP contribution is 2.22. The number of nitrogens with zero attached hydrogens (tertiary/aromatic N) is 2. The van der Waals surface area contributed by atoms with Crippen molar-refractivity contribution in [3.8, 4) is 0 Å². The maximum Gasteiger partial charge on any atom is 0.243 e. The molecular weight excluding hydrogens is 486 g/mol. The third-order valence-corrected chi connectivity index (χ3v) is 8.13. The summed E-state index contributed by atoms with van der Waals surface area (Å²) in [7, 11) is -3.70. The van der Waals surface area contributed by atoms with E-state index in [0.29, 0.717) is 51.0 Å². The van der Waals surface area contributed by atoms with Crippen LogP contribution in [0.25, 0.3) is 0 Å². The Kier molecular flexibility index (Phi) is 10.7. The average molecular weight is 524 g/mol. The zero-order chi connectivity index (χ0) is 25.8. The quantitative estimate of drug-likeness (QED) is 0.487. The average Bonchev–Trinajstić information content (AvgIpc) is 2.91. The highest BCUT2D eigenvalue weighted by Gasteiger charge is 2.25. The minimum Gasteiger partial charge on any atom is -0.379 e. The molecule has 0 radical (unpaired) electrons. The van der Waals surface area contributed by atoms with Crippen molar-refractivity contribution in [2.75, 3.05) is 52.6 Å². The summed E-state index contributed by atoms with van der Waals surface area (Å²) in [5, 5.41) is 3.29. The highest BCUT2D eigenvalue weighted by molar-refractivity contribution is 7.89. The van der Waals surface area contributed by atoms with Gasteiger partial charge in [0.15, 0.2) is 0 Å². The van der Waals surface area contributed by atoms with Gasteiger partial charge in [0.2, 0.25) is 10.0 Å². The van der Waals surface area contributed by atoms with Crippen LogP contribution in [0.5, 0.6) is 0 Å². The smallest absolute Gasteiger partial charge is 0.243 e. The molecule has 0 aliphatic carbocycles. The number of rotatable bonds is 8. The lowest BCUT2D eigenvalue weighted by Gasteiger charge is -2.24. The summed E-state index contributed by atoms with van der Waals surface area (Å²) in [5.41, 5.74) is 2.97. The van der Waals surface area contributed by atoms with Crippen LogP contribution in [0.15, 0.2) is 89.8 Å². The number of benzene rings is 3. The summed E-state index contributed by atoms with van der Waals surface area (Å²) in [4.78, 5) is 2.59. The highest BCUT2D eigenvalue weighted by atomic mass is 32.2. The van der Waals surface area contributed by atoms with E-state index in [1.54, 1.807) is 16.4 Å². The van der Waals surface area contributed by atoms with Crippen LogP contribution in [0.2, 0.25) is 0 Å². The van der Waals surface area contributed by atoms with E-state index in [9.17, 15) is 8.42 Å². The predicted octanol–water partition coefficient (Wildman–Crippen LogP) is 3.52. The van der Waals surface area contributed by atoms with Gasteiger partial charge in [-0.1, -0.05) is 72.8 Å². The number of hydrogen-bond donors (Lipinski definition) is 1. The van der Waals surface area contributed by atoms with E-state index < -0.39 is 10.0 Å². The van der Waals surface area contributed by atoms with Gasteiger partial charge in [0.1, 0.15) is 0 Å². The third kappa shape index (κ3) is 8.74. The molecule has 1 heterocycles. The Morgan fingerprint density at radius 2 is 1.19 bits per heavy atom. The molecule has 1 aliphatic heterocycles. The van der Waals surface area contributed by atoms with Crippen molar-refractivity contribution in [2.24, 2.45) is 0 Å². The Labute approximate surface area is 221 Å². The van der Waals surface area contributed by atoms with Crippen LogP contribution in [0.1, 0.15) is 16.7 Å². The summed E-state index contributed by atoms with van der Waals surface area (Å²) in [6.07, 6.45) is 0. The predicted molar refractivity (Wildman–Crippen MR) is 146 cm³/mol. The van der Waals surface area contributed by atoms with Crippen molar-refractivity contribution in [3.63, 3.8) is 0 Å². The molecular formula is C29H37N3O4S. The molecule has 1 saturated heterocycles. The van der Waals surface area contributed by atoms with Gasteiger partial charge in [-0.15, -0.1) is 0 Å². The van der Waals surface area contributed by atoms with E-state index in [1.165, 1.54) is 0 Å². The third-order valence-electron chi connectivity index (χ3n) is 6.32. The lowest BCUT2D eigenvalue weighted by atomic mass is 10.2. The summed E-state index contributed by atoms with van der Waals surface area (Å²) in [6.45, 7) is 7.25. The van der Waals surface area contributed by atoms with E-state index in [4.69, 9.17) is 9.47 Å². The Morgan fingerprint density at radius 1 is 0.676 bits per heavy atom. The molecule has 8 heteroatoms. The van der Waals surface area contributed by atoms with Crippen molar-refractivity contribution >= 4 is 10.0 Å². The van der Waals surface area contributed by atoms with Gasteiger partial charge < -0.3 is 14.8 Å². The van der Waals surface area contributed by atoms with Gasteiger partial charge in [0, 0.05) is 45.8 Å². The molecule has 7 nitrogen and oxygen atoms in total. The topological polar surface area (TPSA) is 71.1 Å². The molecule has 3 aromatic rings. The molecule has 0 saturated carbocycles. The summed E-state index contributed by atoms with van der Waals surface area (Å²) >= 11 is 0. The standard InChI is InChI=1S/C29H37N3O4S/c33-37(34,32(24-26-7-3-1-4-8-26)25-27-9-5-2-6-10-27)29-13-11-28(12-14-29)23-31-17-21-35-19-15-30-16-20-36-22-18-31/h1-14,30H,15-25H2. The van der Waals surface area contributed by atoms with E-state index in [0.717, 1.165) is 42.9 Å². The van der Waals surface area contributed by atoms with Gasteiger partial charge >= 0.3 is 0 Å². The fourth-order valence-electron chi connectivity index (χ4n) is 4.25. The lowest BCUT2D eigenvalue weighted by molar-refractivity contribution is 0.0639. The SMILES string of the molecule is O=S(=O)(c1ccc(CN2CCOCCNCCOCC2)cc1)N(Cc1ccccc1)Cc1ccccc1. The first-order valence-electron chi connectivity index (χ1n) is 12.9. The van der Waals surface area contributed by atoms with E-state index in [2.05, 4.69) is 10.2 Å². The molecule has 1 N–H and O–H groups in total. The van der Waals surface area contributed by atoms with Gasteiger partial charge in [-0.3, -0.25) is 4.90 Å². The van der Waals surface area contributed by atoms with Crippen LogP contribution < -0.4 is 5.32 Å². The number of nitrogens with one attached hydrogen (secondary N) is 1. The first-order chi connectivity index (χ1) is 18.1. The van der Waals surface area contributed by atoms with Crippen molar-refractivity contribution in [1.82, 2.24) is 14.5 Å². The maximum atomic E-state index is 13.7. The van der Waals surface area contributed by atoms with Gasteiger partial charge in [-0.2, -0.15) is 4.31 Å². The Morgan fingerprint density at radius 3 is 1.70 bits per heavy atom. The van der Waals surface area contributed by atoms with E-state index >= 15 is 0 Å². The maximum absolute atomic E-state index is 13.7. The molecule has 1 aliphatic rings. The van der Waals surface area contributed by atoms with Crippen LogP contribution in [0, 0.1) is 0 Å². The summed E-state index contributed by atoms with van der Waals surface area (Å²) in [5.74, 6) is 0. The van der Waals surface area contributed by atoms with Crippen molar-refractivity contribution in [1.29, 1.82) is 0 Å².